The van der Waals surface area contributed by atoms with Crippen molar-refractivity contribution in [2.75, 3.05) is 25.5 Å². The number of hydrogen-bond donors (Lipinski definition) is 1. The molecule has 0 atom stereocenters. The van der Waals surface area contributed by atoms with Gasteiger partial charge in [-0.05, 0) is 99.0 Å². The molecule has 1 N–H and O–H groups in total. The number of aromatic nitrogens is 2. The van der Waals surface area contributed by atoms with E-state index in [1.807, 2.05) is 24.5 Å². The fraction of sp³-hybridized carbons (Fsp3) is 0.303. The topological polar surface area (TPSA) is 85.7 Å². The van der Waals surface area contributed by atoms with Gasteiger partial charge in [0.2, 0.25) is 0 Å². The SMILES string of the molecule is COC(=O)c1ccc(OC2CCN(Cc3cc(NC(=O)c4ncn(C(C)C)c4-c4ccc(F)cc4)ccc3Cl)CC2)cc1. The predicted molar refractivity (Wildman–Crippen MR) is 164 cm³/mol. The minimum atomic E-state index is -0.376. The first-order chi connectivity index (χ1) is 20.7. The lowest BCUT2D eigenvalue weighted by atomic mass is 10.1. The standard InChI is InChI=1S/C33H34ClFN4O4/c1-21(2)39-20-36-30(31(39)22-4-8-25(35)9-5-22)32(40)37-26-10-13-29(34)24(18-26)19-38-16-14-28(15-17-38)43-27-11-6-23(7-12-27)33(41)42-3/h4-13,18,20-21,28H,14-17,19H2,1-3H3,(H,37,40). The molecule has 0 spiro atoms. The van der Waals surface area contributed by atoms with Crippen LogP contribution in [0.3, 0.4) is 0 Å². The number of carbonyl (C=O) groups is 2. The summed E-state index contributed by atoms with van der Waals surface area (Å²) in [7, 11) is 1.36. The van der Waals surface area contributed by atoms with E-state index in [4.69, 9.17) is 21.1 Å². The van der Waals surface area contributed by atoms with Crippen molar-refractivity contribution in [3.05, 3.63) is 101 Å². The number of nitrogens with one attached hydrogen (secondary N) is 1. The summed E-state index contributed by atoms with van der Waals surface area (Å²) in [5.41, 5.74) is 3.61. The molecule has 4 aromatic rings. The van der Waals surface area contributed by atoms with Crippen molar-refractivity contribution in [2.45, 2.75) is 45.4 Å². The number of ether oxygens (including phenoxy) is 2. The number of carbonyl (C=O) groups excluding carboxylic acids is 2. The number of esters is 1. The lowest BCUT2D eigenvalue weighted by Crippen LogP contribution is -2.37. The Labute approximate surface area is 255 Å². The van der Waals surface area contributed by atoms with Crippen LogP contribution in [-0.4, -0.2) is 52.6 Å². The van der Waals surface area contributed by atoms with Gasteiger partial charge in [-0.2, -0.15) is 0 Å². The molecule has 2 heterocycles. The Bertz CT molecular complexity index is 1580. The summed E-state index contributed by atoms with van der Waals surface area (Å²) in [6.07, 6.45) is 3.40. The van der Waals surface area contributed by atoms with E-state index in [2.05, 4.69) is 15.2 Å². The van der Waals surface area contributed by atoms with Gasteiger partial charge in [-0.25, -0.2) is 14.2 Å². The van der Waals surface area contributed by atoms with Crippen molar-refractivity contribution in [3.63, 3.8) is 0 Å². The molecule has 43 heavy (non-hydrogen) atoms. The number of methoxy groups -OCH3 is 1. The zero-order valence-electron chi connectivity index (χ0n) is 24.3. The molecule has 1 aliphatic heterocycles. The molecular formula is C33H34ClFN4O4. The third-order valence-corrected chi connectivity index (χ3v) is 7.86. The lowest BCUT2D eigenvalue weighted by Gasteiger charge is -2.32. The predicted octanol–water partition coefficient (Wildman–Crippen LogP) is 7.01. The van der Waals surface area contributed by atoms with Gasteiger partial charge in [0.05, 0.1) is 24.7 Å². The van der Waals surface area contributed by atoms with Crippen molar-refractivity contribution in [1.82, 2.24) is 14.5 Å². The number of imidazole rings is 1. The van der Waals surface area contributed by atoms with Crippen LogP contribution in [-0.2, 0) is 11.3 Å². The minimum Gasteiger partial charge on any atom is -0.490 e. The normalized spacial score (nSPS) is 14.1. The fourth-order valence-electron chi connectivity index (χ4n) is 5.18. The number of nitrogens with zero attached hydrogens (tertiary/aromatic N) is 3. The quantitative estimate of drug-likeness (QED) is 0.207. The molecule has 1 aliphatic rings. The van der Waals surface area contributed by atoms with E-state index >= 15 is 0 Å². The fourth-order valence-corrected chi connectivity index (χ4v) is 5.36. The van der Waals surface area contributed by atoms with E-state index in [1.54, 1.807) is 54.9 Å². The Kier molecular flexibility index (Phi) is 9.43. The summed E-state index contributed by atoms with van der Waals surface area (Å²) in [4.78, 5) is 31.8. The van der Waals surface area contributed by atoms with E-state index in [0.29, 0.717) is 34.1 Å². The van der Waals surface area contributed by atoms with Crippen LogP contribution in [0.2, 0.25) is 5.02 Å². The van der Waals surface area contributed by atoms with Gasteiger partial charge in [-0.15, -0.1) is 0 Å². The molecule has 1 aromatic heterocycles. The number of hydrogen-bond acceptors (Lipinski definition) is 6. The van der Waals surface area contributed by atoms with E-state index < -0.39 is 0 Å². The minimum absolute atomic E-state index is 0.0536. The molecule has 0 saturated carbocycles. The monoisotopic (exact) mass is 604 g/mol. The van der Waals surface area contributed by atoms with Gasteiger partial charge in [0.25, 0.3) is 5.91 Å². The highest BCUT2D eigenvalue weighted by Crippen LogP contribution is 2.29. The van der Waals surface area contributed by atoms with Gasteiger partial charge in [0, 0.05) is 41.9 Å². The molecule has 0 unspecified atom stereocenters. The third-order valence-electron chi connectivity index (χ3n) is 7.49. The molecule has 3 aromatic carbocycles. The molecule has 224 valence electrons. The highest BCUT2D eigenvalue weighted by molar-refractivity contribution is 6.31. The van der Waals surface area contributed by atoms with Crippen LogP contribution in [0.1, 0.15) is 59.1 Å². The molecule has 5 rings (SSSR count). The zero-order valence-corrected chi connectivity index (χ0v) is 25.1. The van der Waals surface area contributed by atoms with Crippen molar-refractivity contribution in [3.8, 4) is 17.0 Å². The molecule has 0 aliphatic carbocycles. The highest BCUT2D eigenvalue weighted by Gasteiger charge is 2.23. The van der Waals surface area contributed by atoms with Crippen LogP contribution in [0.25, 0.3) is 11.3 Å². The molecule has 10 heteroatoms. The van der Waals surface area contributed by atoms with E-state index in [-0.39, 0.29) is 35.5 Å². The first-order valence-electron chi connectivity index (χ1n) is 14.2. The van der Waals surface area contributed by atoms with Crippen LogP contribution < -0.4 is 10.1 Å². The third kappa shape index (κ3) is 7.24. The summed E-state index contributed by atoms with van der Waals surface area (Å²) in [6, 6.07) is 18.5. The van der Waals surface area contributed by atoms with Crippen molar-refractivity contribution < 1.29 is 23.5 Å². The van der Waals surface area contributed by atoms with Crippen LogP contribution in [0.5, 0.6) is 5.75 Å². The second-order valence-electron chi connectivity index (χ2n) is 10.8. The molecule has 1 fully saturated rings. The first-order valence-corrected chi connectivity index (χ1v) is 14.6. The summed E-state index contributed by atoms with van der Waals surface area (Å²) in [6.45, 7) is 6.28. The van der Waals surface area contributed by atoms with Gasteiger partial charge in [-0.1, -0.05) is 11.6 Å². The first kappa shape index (κ1) is 30.3. The number of likely N-dealkylation sites (tertiary alicyclic amines) is 1. The van der Waals surface area contributed by atoms with Crippen molar-refractivity contribution in [2.24, 2.45) is 0 Å². The highest BCUT2D eigenvalue weighted by atomic mass is 35.5. The van der Waals surface area contributed by atoms with Crippen molar-refractivity contribution in [1.29, 1.82) is 0 Å². The van der Waals surface area contributed by atoms with Gasteiger partial charge >= 0.3 is 5.97 Å². The average molecular weight is 605 g/mol. The number of rotatable bonds is 9. The number of halogens is 2. The van der Waals surface area contributed by atoms with Gasteiger partial charge in [0.15, 0.2) is 5.69 Å². The van der Waals surface area contributed by atoms with Crippen LogP contribution >= 0.6 is 11.6 Å². The molecule has 1 saturated heterocycles. The second-order valence-corrected chi connectivity index (χ2v) is 11.2. The Morgan fingerprint density at radius 3 is 2.40 bits per heavy atom. The van der Waals surface area contributed by atoms with E-state index in [1.165, 1.54) is 19.2 Å². The zero-order chi connectivity index (χ0) is 30.5. The molecule has 0 radical (unpaired) electrons. The summed E-state index contributed by atoms with van der Waals surface area (Å²) in [5.74, 6) is -0.357. The smallest absolute Gasteiger partial charge is 0.337 e. The number of amides is 1. The molecule has 8 nitrogen and oxygen atoms in total. The Morgan fingerprint density at radius 2 is 1.74 bits per heavy atom. The summed E-state index contributed by atoms with van der Waals surface area (Å²) >= 11 is 6.56. The van der Waals surface area contributed by atoms with Gasteiger partial charge < -0.3 is 19.4 Å². The largest absolute Gasteiger partial charge is 0.490 e. The molecular weight excluding hydrogens is 571 g/mol. The van der Waals surface area contributed by atoms with Gasteiger partial charge in [0.1, 0.15) is 17.7 Å². The second kappa shape index (κ2) is 13.4. The number of benzene rings is 3. The Balaban J connectivity index is 1.22. The van der Waals surface area contributed by atoms with Crippen LogP contribution in [0.4, 0.5) is 10.1 Å². The van der Waals surface area contributed by atoms with E-state index in [9.17, 15) is 14.0 Å². The summed E-state index contributed by atoms with van der Waals surface area (Å²) in [5, 5.41) is 3.59. The van der Waals surface area contributed by atoms with Crippen molar-refractivity contribution >= 4 is 29.2 Å². The van der Waals surface area contributed by atoms with Crippen LogP contribution in [0, 0.1) is 5.82 Å². The number of anilines is 1. The summed E-state index contributed by atoms with van der Waals surface area (Å²) < 4.78 is 26.4. The maximum atomic E-state index is 13.6. The maximum Gasteiger partial charge on any atom is 0.337 e. The van der Waals surface area contributed by atoms with Crippen LogP contribution in [0.15, 0.2) is 73.1 Å². The number of piperidine rings is 1. The Morgan fingerprint density at radius 1 is 1.05 bits per heavy atom. The molecule has 0 bridgehead atoms. The van der Waals surface area contributed by atoms with E-state index in [0.717, 1.165) is 37.2 Å². The Hall–Kier alpha value is -4.21. The average Bonchev–Trinajstić information content (AvgIpc) is 3.46. The molecule has 1 amide bonds. The van der Waals surface area contributed by atoms with Gasteiger partial charge in [-0.3, -0.25) is 9.69 Å². The maximum absolute atomic E-state index is 13.6. The lowest BCUT2D eigenvalue weighted by molar-refractivity contribution is 0.0600.